The smallest absolute Gasteiger partial charge is 0.385 e. The zero-order valence-electron chi connectivity index (χ0n) is 20.4. The van der Waals surface area contributed by atoms with E-state index in [1.54, 1.807) is 6.07 Å². The van der Waals surface area contributed by atoms with Crippen LogP contribution in [0.4, 0.5) is 0 Å². The number of hydrogen-bond acceptors (Lipinski definition) is 4. The molecular weight excluding hydrogens is 400 g/mol. The van der Waals surface area contributed by atoms with Gasteiger partial charge in [0, 0.05) is 32.0 Å². The molecule has 0 aliphatic carbocycles. The summed E-state index contributed by atoms with van der Waals surface area (Å²) in [5.41, 5.74) is 5.91. The number of oxazole rings is 1. The monoisotopic (exact) mass is 422 g/mol. The minimum atomic E-state index is -2.31. The van der Waals surface area contributed by atoms with E-state index in [0.717, 1.165) is 54.9 Å². The molecule has 0 aliphatic heterocycles. The Bertz CT molecular complexity index is 1980. The van der Waals surface area contributed by atoms with Crippen LogP contribution in [-0.2, 0) is 7.05 Å². The summed E-state index contributed by atoms with van der Waals surface area (Å²) in [6.07, 6.45) is 0. The van der Waals surface area contributed by atoms with Crippen molar-refractivity contribution in [2.75, 3.05) is 0 Å². The largest absolute Gasteiger partial charge is 0.456 e. The van der Waals surface area contributed by atoms with Crippen LogP contribution in [0.3, 0.4) is 0 Å². The molecule has 0 saturated carbocycles. The molecule has 0 saturated heterocycles. The maximum Gasteiger partial charge on any atom is 0.385 e. The maximum absolute atomic E-state index is 7.70. The Morgan fingerprint density at radius 1 is 0.812 bits per heavy atom. The number of benzene rings is 3. The van der Waals surface area contributed by atoms with Gasteiger partial charge in [-0.25, -0.2) is 4.98 Å². The minimum absolute atomic E-state index is 0.00542. The Labute approximate surface area is 186 Å². The Hall–Kier alpha value is -4.12. The Kier molecular flexibility index (Phi) is 2.77. The molecule has 0 atom stereocenters. The van der Waals surface area contributed by atoms with Crippen LogP contribution in [0.15, 0.2) is 73.9 Å². The van der Waals surface area contributed by atoms with Gasteiger partial charge in [0.2, 0.25) is 11.3 Å². The molecule has 0 radical (unpaired) electrons. The summed E-state index contributed by atoms with van der Waals surface area (Å²) in [6, 6.07) is 19.2. The maximum atomic E-state index is 7.70. The highest BCUT2D eigenvalue weighted by atomic mass is 16.4. The molecule has 4 heterocycles. The van der Waals surface area contributed by atoms with Crippen LogP contribution in [-0.4, -0.2) is 4.98 Å². The number of aromatic nitrogens is 2. The van der Waals surface area contributed by atoms with Crippen molar-refractivity contribution in [3.8, 4) is 11.5 Å². The molecule has 0 bridgehead atoms. The van der Waals surface area contributed by atoms with E-state index in [1.807, 2.05) is 67.1 Å². The highest BCUT2D eigenvalue weighted by Crippen LogP contribution is 2.40. The first-order valence-electron chi connectivity index (χ1n) is 11.9. The molecule has 3 aromatic carbocycles. The van der Waals surface area contributed by atoms with Gasteiger partial charge in [0.1, 0.15) is 23.8 Å². The molecule has 7 rings (SSSR count). The fraction of sp³-hybridized carbons (Fsp3) is 0.111. The lowest BCUT2D eigenvalue weighted by atomic mass is 10.0. The van der Waals surface area contributed by atoms with Crippen LogP contribution >= 0.6 is 0 Å². The molecule has 7 aromatic rings. The van der Waals surface area contributed by atoms with Gasteiger partial charge in [-0.15, -0.1) is 0 Å². The van der Waals surface area contributed by atoms with E-state index < -0.39 is 6.85 Å². The Morgan fingerprint density at radius 3 is 2.59 bits per heavy atom. The van der Waals surface area contributed by atoms with Crippen molar-refractivity contribution in [3.05, 3.63) is 71.9 Å². The summed E-state index contributed by atoms with van der Waals surface area (Å²) in [6.45, 7) is -0.310. The first-order valence-corrected chi connectivity index (χ1v) is 10.4. The second kappa shape index (κ2) is 5.98. The molecule has 154 valence electrons. The van der Waals surface area contributed by atoms with E-state index in [0.29, 0.717) is 17.2 Å². The summed E-state index contributed by atoms with van der Waals surface area (Å²) in [7, 11) is 1.96. The van der Waals surface area contributed by atoms with E-state index >= 15 is 0 Å². The molecule has 0 spiro atoms. The SMILES string of the molecule is [2H]C([2H])([2H])c1ccc2c(n1)oc1c(-c3oc4c5c(ccc4[n+]3C)oc3ccccc35)c(C)ccc12. The third-order valence-electron chi connectivity index (χ3n) is 6.27. The molecular formula is C27H19N2O3+. The van der Waals surface area contributed by atoms with Gasteiger partial charge in [-0.05, 0) is 43.6 Å². The summed E-state index contributed by atoms with van der Waals surface area (Å²) in [5, 5.41) is 3.54. The molecule has 0 aliphatic rings. The predicted octanol–water partition coefficient (Wildman–Crippen LogP) is 6.73. The third-order valence-corrected chi connectivity index (χ3v) is 6.27. The lowest BCUT2D eigenvalue weighted by molar-refractivity contribution is -0.637. The number of nitrogens with zero attached hydrogens (tertiary/aromatic N) is 2. The minimum Gasteiger partial charge on any atom is -0.456 e. The average Bonchev–Trinajstić information content (AvgIpc) is 3.49. The highest BCUT2D eigenvalue weighted by Gasteiger charge is 2.29. The van der Waals surface area contributed by atoms with Crippen LogP contribution in [0.1, 0.15) is 15.4 Å². The van der Waals surface area contributed by atoms with Gasteiger partial charge in [0.15, 0.2) is 5.58 Å². The topological polar surface area (TPSA) is 56.2 Å². The van der Waals surface area contributed by atoms with E-state index in [1.165, 1.54) is 6.07 Å². The van der Waals surface area contributed by atoms with Crippen LogP contribution < -0.4 is 4.57 Å². The third kappa shape index (κ3) is 2.17. The van der Waals surface area contributed by atoms with E-state index in [2.05, 4.69) is 4.98 Å². The van der Waals surface area contributed by atoms with Crippen LogP contribution in [0.2, 0.25) is 0 Å². The average molecular weight is 422 g/mol. The molecule has 0 unspecified atom stereocenters. The number of furan rings is 2. The summed E-state index contributed by atoms with van der Waals surface area (Å²) in [5.74, 6) is 0.635. The zero-order chi connectivity index (χ0) is 24.1. The normalized spacial score (nSPS) is 14.0. The molecule has 0 N–H and O–H groups in total. The van der Waals surface area contributed by atoms with Crippen molar-refractivity contribution >= 4 is 55.1 Å². The molecule has 5 nitrogen and oxygen atoms in total. The fourth-order valence-corrected chi connectivity index (χ4v) is 4.72. The standard InChI is InChI=1S/C27H19N2O3/c1-14-8-10-16-17-11-9-15(2)28-26(17)31-24(16)22(14)27-29(3)19-12-13-21-23(25(19)32-27)18-6-4-5-7-20(18)30-21/h4-13H,1-3H3/q+1/i2D3. The summed E-state index contributed by atoms with van der Waals surface area (Å²) in [4.78, 5) is 4.30. The van der Waals surface area contributed by atoms with Crippen molar-refractivity contribution in [3.63, 3.8) is 0 Å². The lowest BCUT2D eigenvalue weighted by Crippen LogP contribution is -2.28. The Morgan fingerprint density at radius 2 is 1.69 bits per heavy atom. The van der Waals surface area contributed by atoms with Gasteiger partial charge in [-0.2, -0.15) is 4.57 Å². The summed E-state index contributed by atoms with van der Waals surface area (Å²) >= 11 is 0. The van der Waals surface area contributed by atoms with Crippen molar-refractivity contribution in [2.45, 2.75) is 13.8 Å². The van der Waals surface area contributed by atoms with Gasteiger partial charge in [-0.1, -0.05) is 30.3 Å². The van der Waals surface area contributed by atoms with E-state index in [9.17, 15) is 0 Å². The first-order chi connectivity index (χ1) is 16.8. The summed E-state index contributed by atoms with van der Waals surface area (Å²) < 4.78 is 43.9. The van der Waals surface area contributed by atoms with Crippen molar-refractivity contribution in [2.24, 2.45) is 7.05 Å². The van der Waals surface area contributed by atoms with Crippen LogP contribution in [0.5, 0.6) is 0 Å². The molecule has 0 fully saturated rings. The molecule has 32 heavy (non-hydrogen) atoms. The quantitative estimate of drug-likeness (QED) is 0.275. The van der Waals surface area contributed by atoms with E-state index in [4.69, 9.17) is 17.4 Å². The predicted molar refractivity (Wildman–Crippen MR) is 125 cm³/mol. The van der Waals surface area contributed by atoms with Crippen molar-refractivity contribution in [1.82, 2.24) is 4.98 Å². The van der Waals surface area contributed by atoms with Gasteiger partial charge in [-0.3, -0.25) is 0 Å². The fourth-order valence-electron chi connectivity index (χ4n) is 4.72. The number of pyridine rings is 1. The van der Waals surface area contributed by atoms with Gasteiger partial charge < -0.3 is 13.3 Å². The Balaban J connectivity index is 1.56. The first kappa shape index (κ1) is 14.8. The highest BCUT2D eigenvalue weighted by molar-refractivity contribution is 6.16. The number of fused-ring (bicyclic) bond motifs is 8. The molecule has 0 amide bonds. The molecule has 5 heteroatoms. The second-order valence-electron chi connectivity index (χ2n) is 8.14. The number of rotatable bonds is 1. The van der Waals surface area contributed by atoms with Crippen LogP contribution in [0, 0.1) is 13.8 Å². The van der Waals surface area contributed by atoms with E-state index in [-0.39, 0.29) is 5.69 Å². The second-order valence-corrected chi connectivity index (χ2v) is 8.14. The lowest BCUT2D eigenvalue weighted by Gasteiger charge is -2.00. The van der Waals surface area contributed by atoms with Crippen LogP contribution in [0.25, 0.3) is 66.6 Å². The van der Waals surface area contributed by atoms with Gasteiger partial charge >= 0.3 is 5.89 Å². The van der Waals surface area contributed by atoms with Gasteiger partial charge in [0.25, 0.3) is 5.52 Å². The van der Waals surface area contributed by atoms with Gasteiger partial charge in [0.05, 0.1) is 5.39 Å². The van der Waals surface area contributed by atoms with Crippen molar-refractivity contribution in [1.29, 1.82) is 0 Å². The number of aryl methyl sites for hydroxylation is 3. The number of para-hydroxylation sites is 1. The number of hydrogen-bond donors (Lipinski definition) is 0. The zero-order valence-corrected chi connectivity index (χ0v) is 17.4. The van der Waals surface area contributed by atoms with Crippen molar-refractivity contribution < 1.29 is 21.9 Å². The molecule has 4 aromatic heterocycles.